The number of rotatable bonds is 3. The highest BCUT2D eigenvalue weighted by Gasteiger charge is 2.59. The van der Waals surface area contributed by atoms with E-state index in [1.54, 1.807) is 0 Å². The number of hydrogen-bond acceptors (Lipinski definition) is 1. The first-order chi connectivity index (χ1) is 9.88. The highest BCUT2D eigenvalue weighted by Crippen LogP contribution is 2.66. The maximum absolute atomic E-state index is 4.00. The van der Waals surface area contributed by atoms with Gasteiger partial charge in [0.15, 0.2) is 0 Å². The van der Waals surface area contributed by atoms with Gasteiger partial charge < -0.3 is 5.32 Å². The van der Waals surface area contributed by atoms with E-state index in [9.17, 15) is 0 Å². The molecule has 0 spiro atoms. The minimum Gasteiger partial charge on any atom is -0.307 e. The Kier molecular flexibility index (Phi) is 3.11. The van der Waals surface area contributed by atoms with E-state index in [-0.39, 0.29) is 0 Å². The van der Waals surface area contributed by atoms with Crippen molar-refractivity contribution in [2.45, 2.75) is 64.5 Å². The molecule has 2 unspecified atom stereocenters. The Morgan fingerprint density at radius 1 is 1.10 bits per heavy atom. The molecular formula is C19H26BrN. The summed E-state index contributed by atoms with van der Waals surface area (Å²) in [5.74, 6) is 0.964. The zero-order chi connectivity index (χ0) is 14.7. The van der Waals surface area contributed by atoms with Gasteiger partial charge in [-0.15, -0.1) is 0 Å². The van der Waals surface area contributed by atoms with E-state index in [0.29, 0.717) is 16.4 Å². The highest BCUT2D eigenvalue weighted by atomic mass is 79.9. The molecule has 21 heavy (non-hydrogen) atoms. The lowest BCUT2D eigenvalue weighted by Crippen LogP contribution is -2.63. The van der Waals surface area contributed by atoms with Crippen LogP contribution in [0.3, 0.4) is 0 Å². The molecule has 114 valence electrons. The Hall–Kier alpha value is -0.340. The molecular weight excluding hydrogens is 322 g/mol. The molecule has 4 aliphatic carbocycles. The van der Waals surface area contributed by atoms with Crippen molar-refractivity contribution in [3.05, 3.63) is 34.3 Å². The van der Waals surface area contributed by atoms with Gasteiger partial charge in [0.05, 0.1) is 0 Å². The zero-order valence-corrected chi connectivity index (χ0v) is 14.8. The lowest BCUT2D eigenvalue weighted by molar-refractivity contribution is -0.118. The standard InChI is InChI=1S/C19H26BrN/c1-17-7-15-8-18(2,11-17)13-19(9-15,12-17)21-10-14-4-3-5-16(20)6-14/h3-6,15,21H,7-13H2,1-2H3. The van der Waals surface area contributed by atoms with Crippen LogP contribution in [0.5, 0.6) is 0 Å². The van der Waals surface area contributed by atoms with Crippen molar-refractivity contribution in [3.63, 3.8) is 0 Å². The quantitative estimate of drug-likeness (QED) is 0.783. The molecule has 0 aromatic heterocycles. The molecule has 0 heterocycles. The van der Waals surface area contributed by atoms with Crippen molar-refractivity contribution < 1.29 is 0 Å². The van der Waals surface area contributed by atoms with Crippen molar-refractivity contribution in [1.82, 2.24) is 5.32 Å². The van der Waals surface area contributed by atoms with Crippen LogP contribution in [0.15, 0.2) is 28.7 Å². The number of benzene rings is 1. The predicted octanol–water partition coefficient (Wildman–Crippen LogP) is 5.29. The van der Waals surface area contributed by atoms with Crippen molar-refractivity contribution in [2.75, 3.05) is 0 Å². The van der Waals surface area contributed by atoms with Crippen LogP contribution < -0.4 is 5.32 Å². The molecule has 4 fully saturated rings. The van der Waals surface area contributed by atoms with E-state index >= 15 is 0 Å². The summed E-state index contributed by atoms with van der Waals surface area (Å²) < 4.78 is 1.19. The normalized spacial score (nSPS) is 44.2. The topological polar surface area (TPSA) is 12.0 Å². The Morgan fingerprint density at radius 3 is 2.43 bits per heavy atom. The molecule has 0 amide bonds. The van der Waals surface area contributed by atoms with Crippen LogP contribution in [0.25, 0.3) is 0 Å². The molecule has 4 aliphatic rings. The van der Waals surface area contributed by atoms with Gasteiger partial charge in [0.25, 0.3) is 0 Å². The van der Waals surface area contributed by atoms with Crippen molar-refractivity contribution in [3.8, 4) is 0 Å². The maximum Gasteiger partial charge on any atom is 0.0211 e. The van der Waals surface area contributed by atoms with Gasteiger partial charge in [-0.05, 0) is 73.0 Å². The van der Waals surface area contributed by atoms with Crippen LogP contribution in [-0.4, -0.2) is 5.54 Å². The van der Waals surface area contributed by atoms with E-state index in [1.165, 1.54) is 48.6 Å². The molecule has 2 heteroatoms. The van der Waals surface area contributed by atoms with Crippen LogP contribution in [0.2, 0.25) is 0 Å². The monoisotopic (exact) mass is 347 g/mol. The average molecular weight is 348 g/mol. The minimum atomic E-state index is 0.408. The lowest BCUT2D eigenvalue weighted by atomic mass is 9.43. The maximum atomic E-state index is 4.00. The summed E-state index contributed by atoms with van der Waals surface area (Å²) in [6, 6.07) is 8.73. The van der Waals surface area contributed by atoms with Crippen molar-refractivity contribution in [1.29, 1.82) is 0 Å². The van der Waals surface area contributed by atoms with Crippen LogP contribution >= 0.6 is 15.9 Å². The Morgan fingerprint density at radius 2 is 1.81 bits per heavy atom. The third-order valence-corrected chi connectivity index (χ3v) is 6.68. The Bertz CT molecular complexity index is 548. The van der Waals surface area contributed by atoms with Crippen LogP contribution in [-0.2, 0) is 6.54 Å². The first-order valence-electron chi connectivity index (χ1n) is 8.37. The second-order valence-electron chi connectivity index (χ2n) is 8.89. The second-order valence-corrected chi connectivity index (χ2v) is 9.81. The first-order valence-corrected chi connectivity index (χ1v) is 9.17. The van der Waals surface area contributed by atoms with E-state index < -0.39 is 0 Å². The highest BCUT2D eigenvalue weighted by molar-refractivity contribution is 9.10. The number of nitrogens with one attached hydrogen (secondary N) is 1. The molecule has 0 radical (unpaired) electrons. The average Bonchev–Trinajstić information content (AvgIpc) is 2.32. The number of halogens is 1. The summed E-state index contributed by atoms with van der Waals surface area (Å²) in [5, 5.41) is 4.00. The SMILES string of the molecule is CC12CC3CC(C)(C1)CC(NCc1cccc(Br)c1)(C3)C2. The summed E-state index contributed by atoms with van der Waals surface area (Å²) in [6.45, 7) is 6.11. The third-order valence-electron chi connectivity index (χ3n) is 6.18. The van der Waals surface area contributed by atoms with E-state index in [1.807, 2.05) is 0 Å². The minimum absolute atomic E-state index is 0.408. The van der Waals surface area contributed by atoms with Gasteiger partial charge in [0.2, 0.25) is 0 Å². The van der Waals surface area contributed by atoms with Crippen LogP contribution in [0.4, 0.5) is 0 Å². The van der Waals surface area contributed by atoms with E-state index in [4.69, 9.17) is 0 Å². The molecule has 1 aromatic rings. The predicted molar refractivity (Wildman–Crippen MR) is 91.1 cm³/mol. The fourth-order valence-electron chi connectivity index (χ4n) is 6.58. The van der Waals surface area contributed by atoms with Gasteiger partial charge >= 0.3 is 0 Å². The Balaban J connectivity index is 1.54. The first kappa shape index (κ1) is 14.3. The summed E-state index contributed by atoms with van der Waals surface area (Å²) in [7, 11) is 0. The van der Waals surface area contributed by atoms with Gasteiger partial charge in [-0.1, -0.05) is 41.9 Å². The molecule has 1 N–H and O–H groups in total. The van der Waals surface area contributed by atoms with E-state index in [2.05, 4.69) is 59.4 Å². The third kappa shape index (κ3) is 2.59. The van der Waals surface area contributed by atoms with E-state index in [0.717, 1.165) is 12.5 Å². The molecule has 2 atom stereocenters. The van der Waals surface area contributed by atoms with Gasteiger partial charge in [-0.2, -0.15) is 0 Å². The summed E-state index contributed by atoms with van der Waals surface area (Å²) in [6.07, 6.45) is 8.59. The summed E-state index contributed by atoms with van der Waals surface area (Å²) in [5.41, 5.74) is 3.00. The fraction of sp³-hybridized carbons (Fsp3) is 0.684. The molecule has 4 bridgehead atoms. The largest absolute Gasteiger partial charge is 0.307 e. The summed E-state index contributed by atoms with van der Waals surface area (Å²) in [4.78, 5) is 0. The number of hydrogen-bond donors (Lipinski definition) is 1. The summed E-state index contributed by atoms with van der Waals surface area (Å²) >= 11 is 3.59. The molecule has 1 nitrogen and oxygen atoms in total. The fourth-order valence-corrected chi connectivity index (χ4v) is 7.03. The van der Waals surface area contributed by atoms with Gasteiger partial charge in [-0.3, -0.25) is 0 Å². The second kappa shape index (κ2) is 4.58. The van der Waals surface area contributed by atoms with Gasteiger partial charge in [-0.25, -0.2) is 0 Å². The molecule has 4 saturated carbocycles. The molecule has 1 aromatic carbocycles. The van der Waals surface area contributed by atoms with Gasteiger partial charge in [0.1, 0.15) is 0 Å². The van der Waals surface area contributed by atoms with Crippen LogP contribution in [0, 0.1) is 16.7 Å². The zero-order valence-electron chi connectivity index (χ0n) is 13.2. The van der Waals surface area contributed by atoms with Gasteiger partial charge in [0, 0.05) is 16.6 Å². The molecule has 0 aliphatic heterocycles. The molecule has 5 rings (SSSR count). The van der Waals surface area contributed by atoms with Crippen LogP contribution in [0.1, 0.15) is 57.9 Å². The van der Waals surface area contributed by atoms with Crippen molar-refractivity contribution >= 4 is 15.9 Å². The lowest BCUT2D eigenvalue weighted by Gasteiger charge is -2.65. The van der Waals surface area contributed by atoms with Crippen molar-refractivity contribution in [2.24, 2.45) is 16.7 Å². The molecule has 0 saturated heterocycles. The smallest absolute Gasteiger partial charge is 0.0211 e. The Labute approximate surface area is 137 Å².